The molecule has 0 unspecified atom stereocenters. The van der Waals surface area contributed by atoms with Crippen molar-refractivity contribution < 1.29 is 8.42 Å². The zero-order chi connectivity index (χ0) is 11.6. The lowest BCUT2D eigenvalue weighted by molar-refractivity contribution is 0.602. The summed E-state index contributed by atoms with van der Waals surface area (Å²) in [6.45, 7) is 0. The summed E-state index contributed by atoms with van der Waals surface area (Å²) in [7, 11) is -3.17. The highest BCUT2D eigenvalue weighted by atomic mass is 32.2. The molecule has 5 heteroatoms. The Kier molecular flexibility index (Phi) is 2.70. The van der Waals surface area contributed by atoms with E-state index in [1.807, 2.05) is 6.07 Å². The van der Waals surface area contributed by atoms with Gasteiger partial charge >= 0.3 is 0 Å². The van der Waals surface area contributed by atoms with Gasteiger partial charge in [0.05, 0.1) is 4.90 Å². The number of aromatic nitrogens is 2. The van der Waals surface area contributed by atoms with E-state index in [4.69, 9.17) is 0 Å². The number of sulfone groups is 1. The van der Waals surface area contributed by atoms with Crippen molar-refractivity contribution in [3.8, 4) is 11.1 Å². The average Bonchev–Trinajstić information content (AvgIpc) is 2.29. The van der Waals surface area contributed by atoms with Crippen molar-refractivity contribution in [2.75, 3.05) is 6.26 Å². The molecule has 0 radical (unpaired) electrons. The van der Waals surface area contributed by atoms with E-state index in [9.17, 15) is 8.42 Å². The van der Waals surface area contributed by atoms with Gasteiger partial charge in [-0.3, -0.25) is 0 Å². The highest BCUT2D eigenvalue weighted by Gasteiger charge is 2.08. The Hall–Kier alpha value is -1.75. The second-order valence-electron chi connectivity index (χ2n) is 3.43. The third-order valence-corrected chi connectivity index (χ3v) is 3.27. The van der Waals surface area contributed by atoms with Crippen LogP contribution in [0.25, 0.3) is 11.1 Å². The third-order valence-electron chi connectivity index (χ3n) is 2.16. The van der Waals surface area contributed by atoms with Gasteiger partial charge in [0, 0.05) is 24.2 Å². The monoisotopic (exact) mass is 234 g/mol. The molecule has 0 atom stereocenters. The zero-order valence-corrected chi connectivity index (χ0v) is 9.48. The average molecular weight is 234 g/mol. The number of nitrogens with zero attached hydrogens (tertiary/aromatic N) is 2. The van der Waals surface area contributed by atoms with Crippen LogP contribution in [0.15, 0.2) is 47.9 Å². The van der Waals surface area contributed by atoms with Crippen LogP contribution in [0.1, 0.15) is 0 Å². The second kappa shape index (κ2) is 4.02. The fourth-order valence-electron chi connectivity index (χ4n) is 1.35. The van der Waals surface area contributed by atoms with Gasteiger partial charge in [-0.1, -0.05) is 12.1 Å². The highest BCUT2D eigenvalue weighted by molar-refractivity contribution is 7.90. The fraction of sp³-hybridized carbons (Fsp3) is 0.0909. The molecule has 16 heavy (non-hydrogen) atoms. The van der Waals surface area contributed by atoms with E-state index >= 15 is 0 Å². The Bertz CT molecular complexity index is 594. The number of benzene rings is 1. The molecule has 0 N–H and O–H groups in total. The molecule has 0 fully saturated rings. The Morgan fingerprint density at radius 2 is 1.75 bits per heavy atom. The quantitative estimate of drug-likeness (QED) is 0.791. The molecule has 0 bridgehead atoms. The number of rotatable bonds is 2. The highest BCUT2D eigenvalue weighted by Crippen LogP contribution is 2.20. The minimum Gasteiger partial charge on any atom is -0.244 e. The van der Waals surface area contributed by atoms with Gasteiger partial charge in [0.15, 0.2) is 9.84 Å². The predicted molar refractivity (Wildman–Crippen MR) is 60.6 cm³/mol. The van der Waals surface area contributed by atoms with Crippen molar-refractivity contribution in [2.45, 2.75) is 4.90 Å². The van der Waals surface area contributed by atoms with Crippen LogP contribution in [0.4, 0.5) is 0 Å². The molecule has 1 aromatic carbocycles. The molecule has 0 aliphatic carbocycles. The van der Waals surface area contributed by atoms with Gasteiger partial charge in [-0.15, -0.1) is 0 Å². The molecular formula is C11H10N2O2S. The van der Waals surface area contributed by atoms with E-state index in [2.05, 4.69) is 9.97 Å². The number of hydrogen-bond acceptors (Lipinski definition) is 4. The minimum absolute atomic E-state index is 0.300. The molecule has 2 rings (SSSR count). The summed E-state index contributed by atoms with van der Waals surface area (Å²) in [5, 5.41) is 0. The summed E-state index contributed by atoms with van der Waals surface area (Å²) in [5.74, 6) is 0. The van der Waals surface area contributed by atoms with Crippen molar-refractivity contribution in [1.29, 1.82) is 0 Å². The van der Waals surface area contributed by atoms with Gasteiger partial charge < -0.3 is 0 Å². The first-order chi connectivity index (χ1) is 7.57. The van der Waals surface area contributed by atoms with Gasteiger partial charge in [-0.05, 0) is 17.7 Å². The molecule has 82 valence electrons. The first-order valence-electron chi connectivity index (χ1n) is 4.63. The molecule has 2 aromatic rings. The molecule has 0 amide bonds. The van der Waals surface area contributed by atoms with E-state index in [0.29, 0.717) is 4.90 Å². The Labute approximate surface area is 93.9 Å². The molecule has 0 aliphatic rings. The molecule has 0 spiro atoms. The summed E-state index contributed by atoms with van der Waals surface area (Å²) in [5.41, 5.74) is 1.59. The Balaban J connectivity index is 2.53. The lowest BCUT2D eigenvalue weighted by Gasteiger charge is -2.02. The van der Waals surface area contributed by atoms with Gasteiger partial charge in [-0.2, -0.15) is 0 Å². The van der Waals surface area contributed by atoms with Crippen molar-refractivity contribution in [3.05, 3.63) is 43.0 Å². The van der Waals surface area contributed by atoms with E-state index in [1.54, 1.807) is 30.6 Å². The van der Waals surface area contributed by atoms with Gasteiger partial charge in [0.1, 0.15) is 6.33 Å². The number of hydrogen-bond donors (Lipinski definition) is 0. The van der Waals surface area contributed by atoms with Crippen LogP contribution in [0, 0.1) is 0 Å². The molecule has 1 heterocycles. The molecule has 0 aliphatic heterocycles. The van der Waals surface area contributed by atoms with Crippen LogP contribution in [-0.4, -0.2) is 24.6 Å². The minimum atomic E-state index is -3.17. The van der Waals surface area contributed by atoms with Crippen LogP contribution in [-0.2, 0) is 9.84 Å². The maximum Gasteiger partial charge on any atom is 0.175 e. The maximum absolute atomic E-state index is 11.4. The maximum atomic E-state index is 11.4. The normalized spacial score (nSPS) is 11.3. The van der Waals surface area contributed by atoms with Crippen molar-refractivity contribution in [2.24, 2.45) is 0 Å². The van der Waals surface area contributed by atoms with Gasteiger partial charge in [0.25, 0.3) is 0 Å². The molecule has 0 saturated heterocycles. The summed E-state index contributed by atoms with van der Waals surface area (Å²) in [6.07, 6.45) is 5.92. The van der Waals surface area contributed by atoms with Crippen LogP contribution in [0.5, 0.6) is 0 Å². The molecule has 1 aromatic heterocycles. The summed E-state index contributed by atoms with van der Waals surface area (Å²) in [4.78, 5) is 8.08. The molecular weight excluding hydrogens is 224 g/mol. The van der Waals surface area contributed by atoms with Crippen molar-refractivity contribution in [3.63, 3.8) is 0 Å². The van der Waals surface area contributed by atoms with E-state index in [0.717, 1.165) is 11.1 Å². The second-order valence-corrected chi connectivity index (χ2v) is 5.44. The van der Waals surface area contributed by atoms with E-state index < -0.39 is 9.84 Å². The first kappa shape index (κ1) is 10.8. The van der Waals surface area contributed by atoms with Crippen LogP contribution >= 0.6 is 0 Å². The summed E-state index contributed by atoms with van der Waals surface area (Å²) >= 11 is 0. The van der Waals surface area contributed by atoms with E-state index in [1.165, 1.54) is 12.6 Å². The van der Waals surface area contributed by atoms with Crippen molar-refractivity contribution >= 4 is 9.84 Å². The lowest BCUT2D eigenvalue weighted by atomic mass is 10.1. The Morgan fingerprint density at radius 1 is 1.06 bits per heavy atom. The zero-order valence-electron chi connectivity index (χ0n) is 8.66. The van der Waals surface area contributed by atoms with Crippen LogP contribution in [0.3, 0.4) is 0 Å². The summed E-state index contributed by atoms with van der Waals surface area (Å²) in [6, 6.07) is 6.72. The van der Waals surface area contributed by atoms with Crippen LogP contribution in [0.2, 0.25) is 0 Å². The largest absolute Gasteiger partial charge is 0.244 e. The first-order valence-corrected chi connectivity index (χ1v) is 6.52. The van der Waals surface area contributed by atoms with Crippen LogP contribution < -0.4 is 0 Å². The van der Waals surface area contributed by atoms with E-state index in [-0.39, 0.29) is 0 Å². The molecule has 0 saturated carbocycles. The SMILES string of the molecule is CS(=O)(=O)c1cccc(-c2cncnc2)c1. The fourth-order valence-corrected chi connectivity index (χ4v) is 2.02. The predicted octanol–water partition coefficient (Wildman–Crippen LogP) is 1.55. The summed E-state index contributed by atoms with van der Waals surface area (Å²) < 4.78 is 22.8. The smallest absolute Gasteiger partial charge is 0.175 e. The topological polar surface area (TPSA) is 59.9 Å². The van der Waals surface area contributed by atoms with Crippen molar-refractivity contribution in [1.82, 2.24) is 9.97 Å². The van der Waals surface area contributed by atoms with Gasteiger partial charge in [-0.25, -0.2) is 18.4 Å². The molecule has 4 nitrogen and oxygen atoms in total. The standard InChI is InChI=1S/C11H10N2O2S/c1-16(14,15)11-4-2-3-9(5-11)10-6-12-8-13-7-10/h2-8H,1H3. The third kappa shape index (κ3) is 2.25. The lowest BCUT2D eigenvalue weighted by Crippen LogP contribution is -1.96. The Morgan fingerprint density at radius 3 is 2.38 bits per heavy atom. The van der Waals surface area contributed by atoms with Gasteiger partial charge in [0.2, 0.25) is 0 Å².